The number of rotatable bonds is 4. The van der Waals surface area contributed by atoms with E-state index in [9.17, 15) is 0 Å². The average molecular weight is 419 g/mol. The summed E-state index contributed by atoms with van der Waals surface area (Å²) in [5.74, 6) is 1.81. The Morgan fingerprint density at radius 1 is 0.839 bits per heavy atom. The minimum atomic E-state index is -0.0869. The summed E-state index contributed by atoms with van der Waals surface area (Å²) in [5.41, 5.74) is 6.32. The predicted octanol–water partition coefficient (Wildman–Crippen LogP) is 5.67. The smallest absolute Gasteiger partial charge is 0.119 e. The molecule has 4 rings (SSSR count). The Hall–Kier alpha value is -2.88. The fourth-order valence-corrected chi connectivity index (χ4v) is 5.32. The maximum atomic E-state index is 5.47. The quantitative estimate of drug-likeness (QED) is 0.639. The van der Waals surface area contributed by atoms with Crippen LogP contribution in [0.2, 0.25) is 0 Å². The maximum absolute atomic E-state index is 5.47. The topological polar surface area (TPSA) is 24.9 Å². The number of likely N-dealkylation sites (N-methyl/N-ethyl adjacent to an activating group) is 2. The lowest BCUT2D eigenvalue weighted by Crippen LogP contribution is -2.37. The third kappa shape index (κ3) is 3.20. The van der Waals surface area contributed by atoms with Gasteiger partial charge in [0.2, 0.25) is 0 Å². The standard InChI is InChI=1S/C27H34N2O2/c1-26(2)20-16-18(30-7)12-14-22(20)28(5)24(26)10-9-11-25-27(3,4)21-17-19(31-8)13-15-23(21)29(25)6/h9-17,24H,1-8H3. The van der Waals surface area contributed by atoms with Crippen molar-refractivity contribution >= 4 is 11.4 Å². The molecule has 0 N–H and O–H groups in total. The van der Waals surface area contributed by atoms with Crippen molar-refractivity contribution in [1.29, 1.82) is 0 Å². The summed E-state index contributed by atoms with van der Waals surface area (Å²) in [6, 6.07) is 13.0. The molecule has 0 aliphatic carbocycles. The summed E-state index contributed by atoms with van der Waals surface area (Å²) in [5, 5.41) is 0. The van der Waals surface area contributed by atoms with Crippen LogP contribution in [0.5, 0.6) is 11.5 Å². The fraction of sp³-hybridized carbons (Fsp3) is 0.407. The van der Waals surface area contributed by atoms with Crippen LogP contribution in [0.3, 0.4) is 0 Å². The molecule has 4 nitrogen and oxygen atoms in total. The first-order valence-corrected chi connectivity index (χ1v) is 10.9. The molecule has 0 saturated carbocycles. The van der Waals surface area contributed by atoms with E-state index in [1.165, 1.54) is 28.2 Å². The molecular weight excluding hydrogens is 384 g/mol. The molecular formula is C27H34N2O2. The van der Waals surface area contributed by atoms with Gasteiger partial charge in [-0.1, -0.05) is 39.8 Å². The Kier molecular flexibility index (Phi) is 5.07. The van der Waals surface area contributed by atoms with Crippen LogP contribution in [0.25, 0.3) is 0 Å². The first-order valence-electron chi connectivity index (χ1n) is 10.9. The van der Waals surface area contributed by atoms with E-state index < -0.39 is 0 Å². The van der Waals surface area contributed by atoms with Crippen LogP contribution in [-0.2, 0) is 10.8 Å². The van der Waals surface area contributed by atoms with E-state index in [1.807, 2.05) is 12.1 Å². The SMILES string of the molecule is COc1ccc2c(c1)C(C)(C)C(=CC=CC1N(C)c3ccc(OC)cc3C1(C)C)N2C. The molecule has 0 aromatic heterocycles. The third-order valence-corrected chi connectivity index (χ3v) is 7.22. The molecule has 2 aliphatic heterocycles. The van der Waals surface area contributed by atoms with Crippen molar-refractivity contribution in [3.63, 3.8) is 0 Å². The van der Waals surface area contributed by atoms with Crippen molar-refractivity contribution in [3.8, 4) is 11.5 Å². The van der Waals surface area contributed by atoms with Crippen molar-refractivity contribution in [2.75, 3.05) is 38.1 Å². The first kappa shape index (κ1) is 21.4. The third-order valence-electron chi connectivity index (χ3n) is 7.22. The highest BCUT2D eigenvalue weighted by atomic mass is 16.5. The van der Waals surface area contributed by atoms with Crippen LogP contribution >= 0.6 is 0 Å². The molecule has 0 amide bonds. The lowest BCUT2D eigenvalue weighted by molar-refractivity contribution is 0.412. The molecule has 0 fully saturated rings. The Morgan fingerprint density at radius 2 is 1.42 bits per heavy atom. The molecule has 0 bridgehead atoms. The van der Waals surface area contributed by atoms with Gasteiger partial charge in [0.25, 0.3) is 0 Å². The molecule has 1 unspecified atom stereocenters. The summed E-state index contributed by atoms with van der Waals surface area (Å²) in [4.78, 5) is 4.66. The zero-order valence-corrected chi connectivity index (χ0v) is 20.0. The largest absolute Gasteiger partial charge is 0.497 e. The van der Waals surface area contributed by atoms with Gasteiger partial charge >= 0.3 is 0 Å². The van der Waals surface area contributed by atoms with Gasteiger partial charge in [-0.25, -0.2) is 0 Å². The van der Waals surface area contributed by atoms with E-state index in [2.05, 4.69) is 94.1 Å². The van der Waals surface area contributed by atoms with Crippen molar-refractivity contribution in [2.24, 2.45) is 0 Å². The second-order valence-electron chi connectivity index (χ2n) is 9.66. The molecule has 2 aliphatic rings. The Morgan fingerprint density at radius 3 is 2.03 bits per heavy atom. The summed E-state index contributed by atoms with van der Waals surface area (Å²) in [7, 11) is 7.77. The summed E-state index contributed by atoms with van der Waals surface area (Å²) >= 11 is 0. The molecule has 164 valence electrons. The number of hydrogen-bond acceptors (Lipinski definition) is 4. The fourth-order valence-electron chi connectivity index (χ4n) is 5.32. The molecule has 1 atom stereocenters. The number of hydrogen-bond donors (Lipinski definition) is 0. The maximum Gasteiger partial charge on any atom is 0.119 e. The van der Waals surface area contributed by atoms with E-state index in [4.69, 9.17) is 9.47 Å². The minimum Gasteiger partial charge on any atom is -0.497 e. The molecule has 4 heteroatoms. The lowest BCUT2D eigenvalue weighted by atomic mass is 9.80. The first-order chi connectivity index (χ1) is 14.6. The van der Waals surface area contributed by atoms with Gasteiger partial charge in [0.1, 0.15) is 11.5 Å². The monoisotopic (exact) mass is 418 g/mol. The van der Waals surface area contributed by atoms with Gasteiger partial charge in [-0.15, -0.1) is 0 Å². The van der Waals surface area contributed by atoms with Crippen LogP contribution in [0.1, 0.15) is 38.8 Å². The second kappa shape index (κ2) is 7.37. The molecule has 0 spiro atoms. The zero-order chi connectivity index (χ0) is 22.6. The minimum absolute atomic E-state index is 0.0128. The molecule has 2 heterocycles. The van der Waals surface area contributed by atoms with Crippen molar-refractivity contribution in [2.45, 2.75) is 44.6 Å². The molecule has 2 aromatic rings. The highest BCUT2D eigenvalue weighted by Crippen LogP contribution is 2.49. The molecule has 31 heavy (non-hydrogen) atoms. The normalized spacial score (nSPS) is 22.2. The van der Waals surface area contributed by atoms with Crippen LogP contribution in [0, 0.1) is 0 Å². The van der Waals surface area contributed by atoms with Gasteiger partial charge in [-0.2, -0.15) is 0 Å². The Balaban J connectivity index is 1.65. The van der Waals surface area contributed by atoms with E-state index in [0.29, 0.717) is 0 Å². The van der Waals surface area contributed by atoms with Gasteiger partial charge in [0.15, 0.2) is 0 Å². The van der Waals surface area contributed by atoms with E-state index in [0.717, 1.165) is 11.5 Å². The van der Waals surface area contributed by atoms with Gasteiger partial charge in [0.05, 0.1) is 20.3 Å². The van der Waals surface area contributed by atoms with Crippen LogP contribution in [0.15, 0.2) is 60.3 Å². The van der Waals surface area contributed by atoms with Crippen LogP contribution in [-0.4, -0.2) is 34.4 Å². The number of allylic oxidation sites excluding steroid dienone is 3. The Bertz CT molecular complexity index is 1060. The summed E-state index contributed by atoms with van der Waals surface area (Å²) < 4.78 is 10.9. The highest BCUT2D eigenvalue weighted by molar-refractivity contribution is 5.71. The second-order valence-corrected chi connectivity index (χ2v) is 9.66. The zero-order valence-electron chi connectivity index (χ0n) is 20.0. The number of nitrogens with zero attached hydrogens (tertiary/aromatic N) is 2. The molecule has 0 radical (unpaired) electrons. The Labute approximate surface area is 186 Å². The number of anilines is 2. The number of fused-ring (bicyclic) bond motifs is 2. The average Bonchev–Trinajstić information content (AvgIpc) is 3.06. The van der Waals surface area contributed by atoms with E-state index in [-0.39, 0.29) is 16.9 Å². The van der Waals surface area contributed by atoms with Crippen molar-refractivity contribution in [1.82, 2.24) is 0 Å². The van der Waals surface area contributed by atoms with Gasteiger partial charge in [-0.05, 0) is 53.6 Å². The molecule has 2 aromatic carbocycles. The lowest BCUT2D eigenvalue weighted by Gasteiger charge is -2.29. The van der Waals surface area contributed by atoms with Crippen LogP contribution in [0.4, 0.5) is 11.4 Å². The predicted molar refractivity (Wildman–Crippen MR) is 130 cm³/mol. The number of ether oxygens (including phenoxy) is 2. The van der Waals surface area contributed by atoms with E-state index in [1.54, 1.807) is 14.2 Å². The van der Waals surface area contributed by atoms with Gasteiger partial charge in [0, 0.05) is 42.0 Å². The number of methoxy groups -OCH3 is 2. The van der Waals surface area contributed by atoms with Crippen molar-refractivity contribution < 1.29 is 9.47 Å². The summed E-state index contributed by atoms with van der Waals surface area (Å²) in [6.07, 6.45) is 6.82. The number of benzene rings is 2. The highest BCUT2D eigenvalue weighted by Gasteiger charge is 2.42. The summed E-state index contributed by atoms with van der Waals surface area (Å²) in [6.45, 7) is 9.18. The molecule has 0 saturated heterocycles. The van der Waals surface area contributed by atoms with Crippen molar-refractivity contribution in [3.05, 3.63) is 71.5 Å². The van der Waals surface area contributed by atoms with E-state index >= 15 is 0 Å². The van der Waals surface area contributed by atoms with Gasteiger partial charge in [-0.3, -0.25) is 0 Å². The van der Waals surface area contributed by atoms with Crippen LogP contribution < -0.4 is 19.3 Å². The van der Waals surface area contributed by atoms with Gasteiger partial charge < -0.3 is 19.3 Å².